The molecule has 0 unspecified atom stereocenters. The lowest BCUT2D eigenvalue weighted by Crippen LogP contribution is -2.33. The van der Waals surface area contributed by atoms with Gasteiger partial charge in [-0.1, -0.05) is 29.8 Å². The molecule has 29 heavy (non-hydrogen) atoms. The average Bonchev–Trinajstić information content (AvgIpc) is 3.03. The van der Waals surface area contributed by atoms with E-state index in [0.29, 0.717) is 18.7 Å². The second-order valence-electron chi connectivity index (χ2n) is 7.48. The van der Waals surface area contributed by atoms with Crippen LogP contribution in [0.25, 0.3) is 11.3 Å². The Morgan fingerprint density at radius 2 is 1.97 bits per heavy atom. The van der Waals surface area contributed by atoms with Crippen molar-refractivity contribution in [3.63, 3.8) is 0 Å². The maximum Gasteiger partial charge on any atom is 0.222 e. The Kier molecular flexibility index (Phi) is 5.60. The molecule has 1 N–H and O–H groups in total. The summed E-state index contributed by atoms with van der Waals surface area (Å²) in [6, 6.07) is 12.3. The van der Waals surface area contributed by atoms with Gasteiger partial charge in [0.2, 0.25) is 11.8 Å². The zero-order valence-corrected chi connectivity index (χ0v) is 16.9. The number of methoxy groups -OCH3 is 1. The molecule has 4 rings (SSSR count). The van der Waals surface area contributed by atoms with Crippen LogP contribution in [0, 0.1) is 6.92 Å². The molecule has 0 aliphatic carbocycles. The van der Waals surface area contributed by atoms with Gasteiger partial charge in [0, 0.05) is 55.0 Å². The number of aromatic amines is 1. The first-order valence-electron chi connectivity index (χ1n) is 10.0. The predicted octanol–water partition coefficient (Wildman–Crippen LogP) is 3.35. The lowest BCUT2D eigenvalue weighted by atomic mass is 10.0. The summed E-state index contributed by atoms with van der Waals surface area (Å²) in [6.07, 6.45) is 4.53. The molecule has 0 saturated heterocycles. The number of ether oxygens (including phenoxy) is 1. The van der Waals surface area contributed by atoms with Crippen LogP contribution in [0.3, 0.4) is 0 Å². The summed E-state index contributed by atoms with van der Waals surface area (Å²) in [5.74, 6) is 0.773. The molecule has 0 bridgehead atoms. The molecule has 0 atom stereocenters. The summed E-state index contributed by atoms with van der Waals surface area (Å²) in [7, 11) is 1.60. The molecule has 0 saturated carbocycles. The Hall–Kier alpha value is -3.15. The molecular formula is C23H26N4O2. The largest absolute Gasteiger partial charge is 0.481 e. The number of nitrogens with zero attached hydrogens (tertiary/aromatic N) is 3. The monoisotopic (exact) mass is 390 g/mol. The zero-order valence-electron chi connectivity index (χ0n) is 16.9. The van der Waals surface area contributed by atoms with E-state index in [-0.39, 0.29) is 5.91 Å². The number of fused-ring (bicyclic) bond motifs is 1. The second kappa shape index (κ2) is 8.47. The van der Waals surface area contributed by atoms with Crippen LogP contribution in [0.2, 0.25) is 0 Å². The molecule has 1 aliphatic heterocycles. The van der Waals surface area contributed by atoms with Crippen molar-refractivity contribution in [1.82, 2.24) is 20.1 Å². The third-order valence-electron chi connectivity index (χ3n) is 5.53. The normalized spacial score (nSPS) is 13.7. The SMILES string of the molecule is COc1cc(CCC(=O)N2CCc3[nH]nc(-c4ccc(C)cc4)c3CC2)ccn1. The number of carbonyl (C=O) groups is 1. The first kappa shape index (κ1) is 19.2. The van der Waals surface area contributed by atoms with Crippen LogP contribution in [0.4, 0.5) is 0 Å². The van der Waals surface area contributed by atoms with E-state index < -0.39 is 0 Å². The molecule has 0 radical (unpaired) electrons. The summed E-state index contributed by atoms with van der Waals surface area (Å²) >= 11 is 0. The van der Waals surface area contributed by atoms with E-state index in [1.54, 1.807) is 13.3 Å². The minimum atomic E-state index is 0.191. The molecule has 6 heteroatoms. The van der Waals surface area contributed by atoms with Crippen molar-refractivity contribution in [2.45, 2.75) is 32.6 Å². The summed E-state index contributed by atoms with van der Waals surface area (Å²) < 4.78 is 5.16. The van der Waals surface area contributed by atoms with Gasteiger partial charge in [-0.05, 0) is 31.4 Å². The third kappa shape index (κ3) is 4.31. The molecule has 0 fully saturated rings. The van der Waals surface area contributed by atoms with Crippen LogP contribution in [-0.4, -0.2) is 46.2 Å². The van der Waals surface area contributed by atoms with Crippen LogP contribution < -0.4 is 4.74 Å². The van der Waals surface area contributed by atoms with Crippen molar-refractivity contribution in [2.75, 3.05) is 20.2 Å². The first-order valence-corrected chi connectivity index (χ1v) is 10.0. The molecule has 0 spiro atoms. The van der Waals surface area contributed by atoms with Gasteiger partial charge < -0.3 is 9.64 Å². The standard InChI is InChI=1S/C23H26N4O2/c1-16-3-6-18(7-4-16)23-19-10-13-27(14-11-20(19)25-26-23)22(28)8-5-17-9-12-24-21(15-17)29-2/h3-4,6-7,9,12,15H,5,8,10-11,13-14H2,1-2H3,(H,25,26). The van der Waals surface area contributed by atoms with E-state index >= 15 is 0 Å². The van der Waals surface area contributed by atoms with E-state index in [9.17, 15) is 4.79 Å². The lowest BCUT2D eigenvalue weighted by Gasteiger charge is -2.20. The summed E-state index contributed by atoms with van der Waals surface area (Å²) in [4.78, 5) is 18.9. The van der Waals surface area contributed by atoms with Gasteiger partial charge in [0.1, 0.15) is 0 Å². The number of hydrogen-bond acceptors (Lipinski definition) is 4. The fraction of sp³-hybridized carbons (Fsp3) is 0.348. The van der Waals surface area contributed by atoms with E-state index in [4.69, 9.17) is 4.74 Å². The van der Waals surface area contributed by atoms with Crippen molar-refractivity contribution >= 4 is 5.91 Å². The van der Waals surface area contributed by atoms with Crippen LogP contribution in [-0.2, 0) is 24.1 Å². The van der Waals surface area contributed by atoms with Gasteiger partial charge in [-0.25, -0.2) is 4.98 Å². The minimum absolute atomic E-state index is 0.191. The number of H-pyrrole nitrogens is 1. The molecule has 1 aliphatic rings. The molecule has 6 nitrogen and oxygen atoms in total. The van der Waals surface area contributed by atoms with E-state index in [0.717, 1.165) is 48.4 Å². The van der Waals surface area contributed by atoms with Gasteiger partial charge in [-0.3, -0.25) is 9.89 Å². The Labute approximate surface area is 170 Å². The van der Waals surface area contributed by atoms with Crippen LogP contribution >= 0.6 is 0 Å². The number of nitrogens with one attached hydrogen (secondary N) is 1. The topological polar surface area (TPSA) is 71.1 Å². The van der Waals surface area contributed by atoms with Crippen LogP contribution in [0.1, 0.15) is 28.8 Å². The Balaban J connectivity index is 1.40. The van der Waals surface area contributed by atoms with Gasteiger partial charge >= 0.3 is 0 Å². The predicted molar refractivity (Wildman–Crippen MR) is 112 cm³/mol. The summed E-state index contributed by atoms with van der Waals surface area (Å²) in [5, 5.41) is 7.76. The van der Waals surface area contributed by atoms with E-state index in [1.807, 2.05) is 17.0 Å². The van der Waals surface area contributed by atoms with Gasteiger partial charge in [-0.15, -0.1) is 0 Å². The maximum absolute atomic E-state index is 12.8. The minimum Gasteiger partial charge on any atom is -0.481 e. The number of aromatic nitrogens is 3. The van der Waals surface area contributed by atoms with Crippen molar-refractivity contribution in [1.29, 1.82) is 0 Å². The van der Waals surface area contributed by atoms with Crippen molar-refractivity contribution in [3.05, 3.63) is 65.0 Å². The number of hydrogen-bond donors (Lipinski definition) is 1. The highest BCUT2D eigenvalue weighted by Gasteiger charge is 2.22. The van der Waals surface area contributed by atoms with Crippen molar-refractivity contribution in [2.24, 2.45) is 0 Å². The van der Waals surface area contributed by atoms with Gasteiger partial charge in [0.05, 0.1) is 12.8 Å². The molecule has 3 aromatic rings. The fourth-order valence-corrected chi connectivity index (χ4v) is 3.81. The van der Waals surface area contributed by atoms with Gasteiger partial charge in [0.25, 0.3) is 0 Å². The molecule has 1 amide bonds. The summed E-state index contributed by atoms with van der Waals surface area (Å²) in [5.41, 5.74) is 6.82. The molecule has 1 aromatic carbocycles. The summed E-state index contributed by atoms with van der Waals surface area (Å²) in [6.45, 7) is 3.53. The number of pyridine rings is 1. The third-order valence-corrected chi connectivity index (χ3v) is 5.53. The smallest absolute Gasteiger partial charge is 0.222 e. The van der Waals surface area contributed by atoms with Crippen molar-refractivity contribution < 1.29 is 9.53 Å². The van der Waals surface area contributed by atoms with Crippen LogP contribution in [0.15, 0.2) is 42.6 Å². The average molecular weight is 390 g/mol. The number of carbonyl (C=O) groups excluding carboxylic acids is 1. The van der Waals surface area contributed by atoms with Crippen molar-refractivity contribution in [3.8, 4) is 17.1 Å². The number of rotatable bonds is 5. The Bertz CT molecular complexity index is 994. The highest BCUT2D eigenvalue weighted by Crippen LogP contribution is 2.27. The van der Waals surface area contributed by atoms with E-state index in [2.05, 4.69) is 46.4 Å². The van der Waals surface area contributed by atoms with Crippen LogP contribution in [0.5, 0.6) is 5.88 Å². The molecular weight excluding hydrogens is 364 g/mol. The quantitative estimate of drug-likeness (QED) is 0.725. The molecule has 3 heterocycles. The highest BCUT2D eigenvalue weighted by molar-refractivity contribution is 5.77. The lowest BCUT2D eigenvalue weighted by molar-refractivity contribution is -0.131. The molecule has 2 aromatic heterocycles. The van der Waals surface area contributed by atoms with Gasteiger partial charge in [-0.2, -0.15) is 5.10 Å². The van der Waals surface area contributed by atoms with Gasteiger partial charge in [0.15, 0.2) is 0 Å². The first-order chi connectivity index (χ1) is 14.1. The zero-order chi connectivity index (χ0) is 20.2. The number of amides is 1. The Morgan fingerprint density at radius 1 is 1.17 bits per heavy atom. The Morgan fingerprint density at radius 3 is 2.76 bits per heavy atom. The highest BCUT2D eigenvalue weighted by atomic mass is 16.5. The fourth-order valence-electron chi connectivity index (χ4n) is 3.81. The number of benzene rings is 1. The molecule has 150 valence electrons. The second-order valence-corrected chi connectivity index (χ2v) is 7.48. The number of aryl methyl sites for hydroxylation is 2. The van der Waals surface area contributed by atoms with E-state index in [1.165, 1.54) is 11.1 Å². The maximum atomic E-state index is 12.8.